The topological polar surface area (TPSA) is 72.6 Å². The Morgan fingerprint density at radius 3 is 2.21 bits per heavy atom. The van der Waals surface area contributed by atoms with E-state index in [2.05, 4.69) is 29.7 Å². The summed E-state index contributed by atoms with van der Waals surface area (Å²) in [6, 6.07) is 8.64. The van der Waals surface area contributed by atoms with Gasteiger partial charge in [0.05, 0.1) is 4.91 Å². The van der Waals surface area contributed by atoms with E-state index >= 15 is 0 Å². The van der Waals surface area contributed by atoms with Gasteiger partial charge < -0.3 is 9.80 Å². The third kappa shape index (κ3) is 7.68. The van der Waals surface area contributed by atoms with Crippen molar-refractivity contribution in [3.05, 3.63) is 62.0 Å². The maximum absolute atomic E-state index is 13.6. The van der Waals surface area contributed by atoms with Crippen LogP contribution in [0.15, 0.2) is 34.0 Å². The predicted octanol–water partition coefficient (Wildman–Crippen LogP) is 6.86. The number of amides is 1. The first-order chi connectivity index (χ1) is 20.8. The van der Waals surface area contributed by atoms with Crippen molar-refractivity contribution >= 4 is 51.8 Å². The third-order valence-electron chi connectivity index (χ3n) is 8.24. The molecule has 0 atom stereocenters. The number of rotatable bonds is 13. The quantitative estimate of drug-likeness (QED) is 0.137. The van der Waals surface area contributed by atoms with Gasteiger partial charge in [-0.2, -0.15) is 5.26 Å². The summed E-state index contributed by atoms with van der Waals surface area (Å²) in [5.74, 6) is 0.368. The molecule has 1 amide bonds. The van der Waals surface area contributed by atoms with Crippen LogP contribution in [-0.2, 0) is 11.3 Å². The highest BCUT2D eigenvalue weighted by Crippen LogP contribution is 2.36. The number of benzene rings is 1. The summed E-state index contributed by atoms with van der Waals surface area (Å²) in [7, 11) is 0. The van der Waals surface area contributed by atoms with Crippen LogP contribution >= 0.6 is 24.0 Å². The molecule has 0 N–H and O–H groups in total. The van der Waals surface area contributed by atoms with Crippen molar-refractivity contribution in [3.8, 4) is 6.07 Å². The number of piperazine rings is 1. The van der Waals surface area contributed by atoms with E-state index in [1.54, 1.807) is 28.5 Å². The number of thiocarbonyl (C=S) groups is 1. The van der Waals surface area contributed by atoms with Gasteiger partial charge in [-0.3, -0.25) is 19.1 Å². The molecular formula is C33H42FN5O2S2. The Balaban J connectivity index is 1.66. The van der Waals surface area contributed by atoms with Crippen LogP contribution in [0.1, 0.15) is 81.9 Å². The minimum atomic E-state index is -0.294. The molecule has 0 bridgehead atoms. The number of thioether (sulfide) groups is 1. The SMILES string of the molecule is CCCCCCCCN1C(=O)/C(=C/c2c(C)c(C#N)c(=O)n(CCCC)c2N2CCN(c3ccc(F)cc3)CC2)SC1=S. The maximum atomic E-state index is 13.6. The van der Waals surface area contributed by atoms with Crippen molar-refractivity contribution < 1.29 is 9.18 Å². The molecule has 2 saturated heterocycles. The lowest BCUT2D eigenvalue weighted by Gasteiger charge is -2.39. The predicted molar refractivity (Wildman–Crippen MR) is 179 cm³/mol. The van der Waals surface area contributed by atoms with Crippen molar-refractivity contribution in [1.29, 1.82) is 5.26 Å². The van der Waals surface area contributed by atoms with E-state index < -0.39 is 0 Å². The second-order valence-electron chi connectivity index (χ2n) is 11.2. The number of nitrogens with zero attached hydrogens (tertiary/aromatic N) is 5. The van der Waals surface area contributed by atoms with Gasteiger partial charge in [-0.1, -0.05) is 76.4 Å². The minimum absolute atomic E-state index is 0.110. The largest absolute Gasteiger partial charge is 0.368 e. The van der Waals surface area contributed by atoms with Gasteiger partial charge in [0.25, 0.3) is 11.5 Å². The highest BCUT2D eigenvalue weighted by molar-refractivity contribution is 8.26. The van der Waals surface area contributed by atoms with Crippen LogP contribution in [0.4, 0.5) is 15.9 Å². The van der Waals surface area contributed by atoms with E-state index in [1.807, 2.05) is 6.08 Å². The Bertz CT molecular complexity index is 1440. The average molecular weight is 624 g/mol. The van der Waals surface area contributed by atoms with Crippen LogP contribution in [0.25, 0.3) is 6.08 Å². The van der Waals surface area contributed by atoms with E-state index in [4.69, 9.17) is 12.2 Å². The first-order valence-corrected chi connectivity index (χ1v) is 16.7. The van der Waals surface area contributed by atoms with Crippen LogP contribution in [0.5, 0.6) is 0 Å². The van der Waals surface area contributed by atoms with E-state index in [-0.39, 0.29) is 22.8 Å². The van der Waals surface area contributed by atoms with E-state index in [9.17, 15) is 19.2 Å². The van der Waals surface area contributed by atoms with Gasteiger partial charge in [0, 0.05) is 50.5 Å². The molecule has 43 heavy (non-hydrogen) atoms. The van der Waals surface area contributed by atoms with Gasteiger partial charge >= 0.3 is 0 Å². The summed E-state index contributed by atoms with van der Waals surface area (Å²) in [5, 5.41) is 9.99. The Morgan fingerprint density at radius 1 is 0.930 bits per heavy atom. The Hall–Kier alpha value is -3.16. The molecule has 4 rings (SSSR count). The molecule has 1 aromatic heterocycles. The van der Waals surface area contributed by atoms with Crippen LogP contribution in [-0.4, -0.2) is 52.4 Å². The first-order valence-electron chi connectivity index (χ1n) is 15.5. The lowest BCUT2D eigenvalue weighted by atomic mass is 10.0. The molecule has 0 radical (unpaired) electrons. The van der Waals surface area contributed by atoms with Crippen LogP contribution in [0.2, 0.25) is 0 Å². The lowest BCUT2D eigenvalue weighted by molar-refractivity contribution is -0.122. The summed E-state index contributed by atoms with van der Waals surface area (Å²) in [6.07, 6.45) is 10.3. The van der Waals surface area contributed by atoms with Gasteiger partial charge in [-0.15, -0.1) is 0 Å². The van der Waals surface area contributed by atoms with Crippen LogP contribution < -0.4 is 15.4 Å². The number of carbonyl (C=O) groups excluding carboxylic acids is 1. The first kappa shape index (κ1) is 32.7. The number of hydrogen-bond donors (Lipinski definition) is 0. The summed E-state index contributed by atoms with van der Waals surface area (Å²) >= 11 is 6.92. The number of nitriles is 1. The van der Waals surface area contributed by atoms with Gasteiger partial charge in [0.15, 0.2) is 0 Å². The second-order valence-corrected chi connectivity index (χ2v) is 12.9. The minimum Gasteiger partial charge on any atom is -0.368 e. The molecule has 230 valence electrons. The van der Waals surface area contributed by atoms with Crippen molar-refractivity contribution in [2.24, 2.45) is 0 Å². The Morgan fingerprint density at radius 2 is 1.56 bits per heavy atom. The summed E-state index contributed by atoms with van der Waals surface area (Å²) in [4.78, 5) is 33.8. The van der Waals surface area contributed by atoms with Crippen molar-refractivity contribution in [2.75, 3.05) is 42.5 Å². The second kappa shape index (κ2) is 15.5. The monoisotopic (exact) mass is 623 g/mol. The van der Waals surface area contributed by atoms with Crippen molar-refractivity contribution in [2.45, 2.75) is 78.7 Å². The van der Waals surface area contributed by atoms with Crippen molar-refractivity contribution in [1.82, 2.24) is 9.47 Å². The summed E-state index contributed by atoms with van der Waals surface area (Å²) in [5.41, 5.74) is 2.07. The van der Waals surface area contributed by atoms with Gasteiger partial charge in [-0.25, -0.2) is 4.39 Å². The van der Waals surface area contributed by atoms with Gasteiger partial charge in [-0.05, 0) is 55.7 Å². The molecule has 0 spiro atoms. The fourth-order valence-electron chi connectivity index (χ4n) is 5.71. The molecular weight excluding hydrogens is 582 g/mol. The van der Waals surface area contributed by atoms with Crippen LogP contribution in [0.3, 0.4) is 0 Å². The molecule has 0 aliphatic carbocycles. The molecule has 1 aromatic carbocycles. The smallest absolute Gasteiger partial charge is 0.270 e. The van der Waals surface area contributed by atoms with E-state index in [0.29, 0.717) is 54.1 Å². The maximum Gasteiger partial charge on any atom is 0.270 e. The number of hydrogen-bond acceptors (Lipinski definition) is 7. The van der Waals surface area contributed by atoms with Gasteiger partial charge in [0.1, 0.15) is 27.6 Å². The molecule has 0 saturated carbocycles. The molecule has 2 aliphatic heterocycles. The number of anilines is 2. The van der Waals surface area contributed by atoms with Gasteiger partial charge in [0.2, 0.25) is 0 Å². The summed E-state index contributed by atoms with van der Waals surface area (Å²) < 4.78 is 15.8. The molecule has 2 aromatic rings. The highest BCUT2D eigenvalue weighted by Gasteiger charge is 2.33. The van der Waals surface area contributed by atoms with E-state index in [1.165, 1.54) is 43.2 Å². The zero-order valence-corrected chi connectivity index (χ0v) is 27.2. The fourth-order valence-corrected chi connectivity index (χ4v) is 7.00. The standard InChI is InChI=1S/C33H42FN5O2S2/c1-4-6-8-9-10-11-17-39-32(41)29(43-33(39)42)22-27-24(3)28(23-35)31(40)38(16-7-5-2)30(27)37-20-18-36(19-21-37)26-14-12-25(34)13-15-26/h12-15,22H,4-11,16-21H2,1-3H3/b29-22-. The number of unbranched alkanes of at least 4 members (excludes halogenated alkanes) is 6. The normalized spacial score (nSPS) is 16.4. The number of pyridine rings is 1. The molecule has 2 aliphatic rings. The average Bonchev–Trinajstić information content (AvgIpc) is 3.27. The van der Waals surface area contributed by atoms with Crippen LogP contribution in [0, 0.1) is 24.1 Å². The molecule has 3 heterocycles. The Labute approximate surface area is 264 Å². The van der Waals surface area contributed by atoms with Crippen molar-refractivity contribution in [3.63, 3.8) is 0 Å². The summed E-state index contributed by atoms with van der Waals surface area (Å²) in [6.45, 7) is 9.79. The fraction of sp³-hybridized carbons (Fsp3) is 0.515. The molecule has 0 unspecified atom stereocenters. The Kier molecular flexibility index (Phi) is 11.8. The molecule has 2 fully saturated rings. The zero-order chi connectivity index (χ0) is 30.9. The number of aromatic nitrogens is 1. The lowest BCUT2D eigenvalue weighted by Crippen LogP contribution is -2.48. The zero-order valence-electron chi connectivity index (χ0n) is 25.5. The molecule has 7 nitrogen and oxygen atoms in total. The molecule has 10 heteroatoms. The third-order valence-corrected chi connectivity index (χ3v) is 9.61. The van der Waals surface area contributed by atoms with E-state index in [0.717, 1.165) is 49.2 Å². The number of carbonyl (C=O) groups is 1. The highest BCUT2D eigenvalue weighted by atomic mass is 32.2. The number of halogens is 1.